The van der Waals surface area contributed by atoms with E-state index >= 15 is 0 Å². The van der Waals surface area contributed by atoms with Crippen molar-refractivity contribution in [3.05, 3.63) is 212 Å². The predicted octanol–water partition coefficient (Wildman–Crippen LogP) is 14.3. The highest BCUT2D eigenvalue weighted by molar-refractivity contribution is 6.29. The van der Waals surface area contributed by atoms with E-state index < -0.39 is 0 Å². The van der Waals surface area contributed by atoms with Crippen LogP contribution in [0.25, 0.3) is 105 Å². The lowest BCUT2D eigenvalue weighted by atomic mass is 10.0. The molecule has 0 bridgehead atoms. The van der Waals surface area contributed by atoms with Crippen LogP contribution in [0.15, 0.2) is 212 Å². The van der Waals surface area contributed by atoms with E-state index in [-0.39, 0.29) is 0 Å². The second-order valence-electron chi connectivity index (χ2n) is 14.9. The lowest BCUT2D eigenvalue weighted by Crippen LogP contribution is -1.98. The van der Waals surface area contributed by atoms with Crippen molar-refractivity contribution < 1.29 is 0 Å². The third-order valence-electron chi connectivity index (χ3n) is 11.8. The summed E-state index contributed by atoms with van der Waals surface area (Å²) >= 11 is 0. The molecule has 0 aliphatic rings. The van der Waals surface area contributed by atoms with Gasteiger partial charge >= 0.3 is 0 Å². The Hall–Kier alpha value is -7.62. The Kier molecular flexibility index (Phi) is 6.93. The van der Waals surface area contributed by atoms with E-state index in [0.717, 1.165) is 17.1 Å². The van der Waals surface area contributed by atoms with E-state index in [9.17, 15) is 0 Å². The third-order valence-corrected chi connectivity index (χ3v) is 11.8. The zero-order valence-electron chi connectivity index (χ0n) is 31.0. The first-order chi connectivity index (χ1) is 28.3. The SMILES string of the molecule is c1ccc(-c2ccc(-n3c4ccccc4c4c5c6ccccc6n(-c6ccccc6-c6ccc7c8ccccc8n(-c8ccccc8)c7c6)c5ccc43)cc2)cc1. The number of para-hydroxylation sites is 5. The van der Waals surface area contributed by atoms with Crippen LogP contribution in [0.4, 0.5) is 0 Å². The third kappa shape index (κ3) is 4.73. The number of hydrogen-bond donors (Lipinski definition) is 0. The summed E-state index contributed by atoms with van der Waals surface area (Å²) in [6, 6.07) is 77.3. The largest absolute Gasteiger partial charge is 0.309 e. The summed E-state index contributed by atoms with van der Waals surface area (Å²) in [6.45, 7) is 0. The summed E-state index contributed by atoms with van der Waals surface area (Å²) in [5, 5.41) is 7.55. The molecule has 0 fully saturated rings. The molecule has 12 aromatic rings. The number of rotatable bonds is 5. The van der Waals surface area contributed by atoms with Gasteiger partial charge in [-0.2, -0.15) is 0 Å². The van der Waals surface area contributed by atoms with Crippen molar-refractivity contribution in [3.63, 3.8) is 0 Å². The van der Waals surface area contributed by atoms with Crippen LogP contribution in [0.2, 0.25) is 0 Å². The zero-order chi connectivity index (χ0) is 37.5. The molecule has 9 aromatic carbocycles. The van der Waals surface area contributed by atoms with Crippen LogP contribution in [-0.4, -0.2) is 13.7 Å². The molecule has 57 heavy (non-hydrogen) atoms. The highest BCUT2D eigenvalue weighted by Gasteiger charge is 2.22. The first kappa shape index (κ1) is 31.7. The summed E-state index contributed by atoms with van der Waals surface area (Å²) in [5.41, 5.74) is 15.5. The molecule has 0 N–H and O–H groups in total. The standard InChI is InChI=1S/C54H35N3/c1-3-15-36(16-4-1)37-27-30-40(31-28-37)55-48-25-13-9-21-44(48)53-50(55)33-34-51-54(53)45-22-10-14-26-49(45)57(51)46-23-11-7-19-41(46)38-29-32-43-42-20-8-12-24-47(42)56(52(43)35-38)39-17-5-2-6-18-39/h1-35H. The Labute approximate surface area is 329 Å². The van der Waals surface area contributed by atoms with Crippen LogP contribution >= 0.6 is 0 Å². The summed E-state index contributed by atoms with van der Waals surface area (Å²) in [6.07, 6.45) is 0. The van der Waals surface area contributed by atoms with Gasteiger partial charge in [0.2, 0.25) is 0 Å². The number of nitrogens with zero attached hydrogens (tertiary/aromatic N) is 3. The van der Waals surface area contributed by atoms with E-state index in [2.05, 4.69) is 226 Å². The molecule has 0 aliphatic heterocycles. The van der Waals surface area contributed by atoms with Crippen molar-refractivity contribution in [2.45, 2.75) is 0 Å². The molecule has 266 valence electrons. The number of hydrogen-bond acceptors (Lipinski definition) is 0. The molecule has 3 heterocycles. The maximum absolute atomic E-state index is 2.48. The average Bonchev–Trinajstić information content (AvgIpc) is 3.92. The van der Waals surface area contributed by atoms with E-state index in [0.29, 0.717) is 0 Å². The van der Waals surface area contributed by atoms with Crippen LogP contribution in [0, 0.1) is 0 Å². The van der Waals surface area contributed by atoms with Gasteiger partial charge in [-0.05, 0) is 83.4 Å². The van der Waals surface area contributed by atoms with Crippen LogP contribution in [0.1, 0.15) is 0 Å². The molecule has 12 rings (SSSR count). The van der Waals surface area contributed by atoms with E-state index in [4.69, 9.17) is 0 Å². The van der Waals surface area contributed by atoms with Crippen molar-refractivity contribution in [1.29, 1.82) is 0 Å². The average molecular weight is 726 g/mol. The maximum Gasteiger partial charge on any atom is 0.0549 e. The molecule has 0 atom stereocenters. The smallest absolute Gasteiger partial charge is 0.0549 e. The number of aromatic nitrogens is 3. The molecule has 0 aliphatic carbocycles. The summed E-state index contributed by atoms with van der Waals surface area (Å²) in [5.74, 6) is 0. The fourth-order valence-electron chi connectivity index (χ4n) is 9.40. The first-order valence-corrected chi connectivity index (χ1v) is 19.6. The van der Waals surface area contributed by atoms with Gasteiger partial charge in [-0.3, -0.25) is 0 Å². The molecule has 0 saturated heterocycles. The normalized spacial score (nSPS) is 11.9. The van der Waals surface area contributed by atoms with Crippen LogP contribution in [0.5, 0.6) is 0 Å². The summed E-state index contributed by atoms with van der Waals surface area (Å²) in [4.78, 5) is 0. The Bertz CT molecular complexity index is 3490. The van der Waals surface area contributed by atoms with Crippen LogP contribution in [0.3, 0.4) is 0 Å². The van der Waals surface area contributed by atoms with Gasteiger partial charge in [0.25, 0.3) is 0 Å². The van der Waals surface area contributed by atoms with Gasteiger partial charge in [0.05, 0.1) is 38.8 Å². The van der Waals surface area contributed by atoms with Crippen molar-refractivity contribution in [1.82, 2.24) is 13.7 Å². The molecule has 0 spiro atoms. The molecular formula is C54H35N3. The van der Waals surface area contributed by atoms with Gasteiger partial charge in [-0.15, -0.1) is 0 Å². The predicted molar refractivity (Wildman–Crippen MR) is 240 cm³/mol. The number of fused-ring (bicyclic) bond motifs is 10. The monoisotopic (exact) mass is 725 g/mol. The maximum atomic E-state index is 2.48. The van der Waals surface area contributed by atoms with Gasteiger partial charge in [0, 0.05) is 49.3 Å². The Morgan fingerprint density at radius 1 is 0.246 bits per heavy atom. The van der Waals surface area contributed by atoms with Crippen molar-refractivity contribution in [2.75, 3.05) is 0 Å². The molecule has 0 amide bonds. The minimum Gasteiger partial charge on any atom is -0.309 e. The van der Waals surface area contributed by atoms with E-state index in [1.165, 1.54) is 87.7 Å². The van der Waals surface area contributed by atoms with Crippen LogP contribution in [-0.2, 0) is 0 Å². The lowest BCUT2D eigenvalue weighted by molar-refractivity contribution is 1.17. The molecule has 0 saturated carbocycles. The quantitative estimate of drug-likeness (QED) is 0.168. The zero-order valence-corrected chi connectivity index (χ0v) is 31.0. The summed E-state index contributed by atoms with van der Waals surface area (Å²) in [7, 11) is 0. The topological polar surface area (TPSA) is 14.8 Å². The van der Waals surface area contributed by atoms with Gasteiger partial charge in [0.15, 0.2) is 0 Å². The van der Waals surface area contributed by atoms with Gasteiger partial charge in [-0.1, -0.05) is 146 Å². The van der Waals surface area contributed by atoms with Crippen molar-refractivity contribution in [3.8, 4) is 39.3 Å². The highest BCUT2D eigenvalue weighted by atomic mass is 15.0. The first-order valence-electron chi connectivity index (χ1n) is 19.6. The highest BCUT2D eigenvalue weighted by Crippen LogP contribution is 2.44. The molecular weight excluding hydrogens is 691 g/mol. The van der Waals surface area contributed by atoms with E-state index in [1.807, 2.05) is 0 Å². The molecule has 3 nitrogen and oxygen atoms in total. The summed E-state index contributed by atoms with van der Waals surface area (Å²) < 4.78 is 7.32. The second kappa shape index (κ2) is 12.5. The van der Waals surface area contributed by atoms with E-state index in [1.54, 1.807) is 0 Å². The van der Waals surface area contributed by atoms with Crippen molar-refractivity contribution in [2.24, 2.45) is 0 Å². The van der Waals surface area contributed by atoms with Crippen molar-refractivity contribution >= 4 is 65.4 Å². The Morgan fingerprint density at radius 2 is 0.702 bits per heavy atom. The Balaban J connectivity index is 1.10. The fraction of sp³-hybridized carbons (Fsp3) is 0. The molecule has 3 aromatic heterocycles. The minimum atomic E-state index is 1.15. The molecule has 0 unspecified atom stereocenters. The molecule has 3 heteroatoms. The Morgan fingerprint density at radius 3 is 1.40 bits per heavy atom. The lowest BCUT2D eigenvalue weighted by Gasteiger charge is -2.15. The minimum absolute atomic E-state index is 1.15. The fourth-order valence-corrected chi connectivity index (χ4v) is 9.40. The van der Waals surface area contributed by atoms with Gasteiger partial charge < -0.3 is 13.7 Å². The van der Waals surface area contributed by atoms with Crippen LogP contribution < -0.4 is 0 Å². The van der Waals surface area contributed by atoms with Gasteiger partial charge in [0.1, 0.15) is 0 Å². The van der Waals surface area contributed by atoms with Gasteiger partial charge in [-0.25, -0.2) is 0 Å². The second-order valence-corrected chi connectivity index (χ2v) is 14.9. The number of benzene rings is 9. The molecule has 0 radical (unpaired) electrons.